The van der Waals surface area contributed by atoms with Crippen molar-refractivity contribution in [3.8, 4) is 11.8 Å². The normalized spacial score (nSPS) is 23.7. The fraction of sp³-hybridized carbons (Fsp3) is 0.409. The van der Waals surface area contributed by atoms with Crippen molar-refractivity contribution in [1.82, 2.24) is 5.32 Å². The topological polar surface area (TPSA) is 65.3 Å². The molecule has 142 valence electrons. The Balaban J connectivity index is 1.76. The van der Waals surface area contributed by atoms with Crippen LogP contribution in [0.1, 0.15) is 45.0 Å². The van der Waals surface area contributed by atoms with Gasteiger partial charge in [-0.05, 0) is 17.7 Å². The van der Waals surface area contributed by atoms with Gasteiger partial charge in [-0.25, -0.2) is 0 Å². The molecular weight excluding hydrogens is 360 g/mol. The molecule has 1 aliphatic carbocycles. The van der Waals surface area contributed by atoms with E-state index < -0.39 is 6.23 Å². The fourth-order valence-corrected chi connectivity index (χ4v) is 4.76. The number of nitrogens with one attached hydrogen (secondary N) is 1. The molecule has 0 aliphatic heterocycles. The second-order valence-corrected chi connectivity index (χ2v) is 8.71. The standard InChI is InChI=1S/C22H25ClN2O2/c1-21(2)19(25-18(26)14-8-6-5-7-9-14)22(3,4)20(21)27-16-11-10-15(13-24)17(23)12-16/h5-12,18-20,25-26H,1-4H3/t18?,19-,20-. The van der Waals surface area contributed by atoms with E-state index in [0.29, 0.717) is 16.3 Å². The summed E-state index contributed by atoms with van der Waals surface area (Å²) in [5.41, 5.74) is 0.855. The zero-order valence-corrected chi connectivity index (χ0v) is 16.8. The number of hydrogen-bond donors (Lipinski definition) is 2. The lowest BCUT2D eigenvalue weighted by molar-refractivity contribution is -0.179. The summed E-state index contributed by atoms with van der Waals surface area (Å²) in [5, 5.41) is 23.4. The maximum atomic E-state index is 10.6. The Bertz CT molecular complexity index is 842. The Morgan fingerprint density at radius 3 is 2.30 bits per heavy atom. The molecule has 4 nitrogen and oxygen atoms in total. The molecule has 1 atom stereocenters. The molecule has 0 radical (unpaired) electrons. The van der Waals surface area contributed by atoms with Crippen LogP contribution in [0, 0.1) is 22.2 Å². The molecular formula is C22H25ClN2O2. The monoisotopic (exact) mass is 384 g/mol. The predicted octanol–water partition coefficient (Wildman–Crippen LogP) is 4.67. The minimum atomic E-state index is -0.736. The van der Waals surface area contributed by atoms with Crippen LogP contribution in [-0.2, 0) is 0 Å². The third-order valence-electron chi connectivity index (χ3n) is 5.59. The van der Waals surface area contributed by atoms with Gasteiger partial charge < -0.3 is 9.84 Å². The summed E-state index contributed by atoms with van der Waals surface area (Å²) >= 11 is 6.13. The molecule has 3 rings (SSSR count). The van der Waals surface area contributed by atoms with Gasteiger partial charge in [0.15, 0.2) is 0 Å². The molecule has 1 aliphatic rings. The molecule has 0 saturated heterocycles. The zero-order chi connectivity index (χ0) is 19.8. The second-order valence-electron chi connectivity index (χ2n) is 8.31. The van der Waals surface area contributed by atoms with Crippen LogP contribution < -0.4 is 10.1 Å². The first kappa shape index (κ1) is 19.7. The van der Waals surface area contributed by atoms with Gasteiger partial charge in [0.2, 0.25) is 0 Å². The van der Waals surface area contributed by atoms with Gasteiger partial charge in [-0.1, -0.05) is 69.6 Å². The Hall–Kier alpha value is -2.06. The Labute approximate surface area is 165 Å². The molecule has 1 fully saturated rings. The Kier molecular flexibility index (Phi) is 5.22. The lowest BCUT2D eigenvalue weighted by Gasteiger charge is -2.63. The summed E-state index contributed by atoms with van der Waals surface area (Å²) in [6.45, 7) is 8.51. The maximum absolute atomic E-state index is 10.6. The van der Waals surface area contributed by atoms with Gasteiger partial charge in [0.25, 0.3) is 0 Å². The summed E-state index contributed by atoms with van der Waals surface area (Å²) in [7, 11) is 0. The second kappa shape index (κ2) is 7.16. The molecule has 27 heavy (non-hydrogen) atoms. The van der Waals surface area contributed by atoms with Crippen LogP contribution in [0.5, 0.6) is 5.75 Å². The number of aliphatic hydroxyl groups is 1. The largest absolute Gasteiger partial charge is 0.489 e. The van der Waals surface area contributed by atoms with E-state index in [9.17, 15) is 5.11 Å². The Morgan fingerprint density at radius 1 is 1.11 bits per heavy atom. The summed E-state index contributed by atoms with van der Waals surface area (Å²) < 4.78 is 6.26. The highest BCUT2D eigenvalue weighted by Gasteiger charge is 2.63. The van der Waals surface area contributed by atoms with E-state index in [1.54, 1.807) is 18.2 Å². The molecule has 0 amide bonds. The molecule has 1 saturated carbocycles. The van der Waals surface area contributed by atoms with Gasteiger partial charge >= 0.3 is 0 Å². The quantitative estimate of drug-likeness (QED) is 0.735. The molecule has 0 aromatic heterocycles. The van der Waals surface area contributed by atoms with Crippen LogP contribution in [0.15, 0.2) is 48.5 Å². The number of benzene rings is 2. The smallest absolute Gasteiger partial charge is 0.131 e. The van der Waals surface area contributed by atoms with Crippen molar-refractivity contribution < 1.29 is 9.84 Å². The molecule has 1 unspecified atom stereocenters. The summed E-state index contributed by atoms with van der Waals surface area (Å²) in [6.07, 6.45) is -0.811. The third-order valence-corrected chi connectivity index (χ3v) is 5.91. The fourth-order valence-electron chi connectivity index (χ4n) is 4.54. The Morgan fingerprint density at radius 2 is 1.74 bits per heavy atom. The van der Waals surface area contributed by atoms with Gasteiger partial charge in [0, 0.05) is 22.9 Å². The van der Waals surface area contributed by atoms with Gasteiger partial charge in [-0.15, -0.1) is 0 Å². The van der Waals surface area contributed by atoms with E-state index in [0.717, 1.165) is 5.56 Å². The number of nitriles is 1. The van der Waals surface area contributed by atoms with Crippen LogP contribution >= 0.6 is 11.6 Å². The summed E-state index contributed by atoms with van der Waals surface area (Å²) in [4.78, 5) is 0. The molecule has 2 N–H and O–H groups in total. The first-order chi connectivity index (χ1) is 12.7. The van der Waals surface area contributed by atoms with Crippen LogP contribution in [0.25, 0.3) is 0 Å². The van der Waals surface area contributed by atoms with E-state index in [-0.39, 0.29) is 23.0 Å². The number of hydrogen-bond acceptors (Lipinski definition) is 4. The van der Waals surface area contributed by atoms with Crippen molar-refractivity contribution >= 4 is 11.6 Å². The predicted molar refractivity (Wildman–Crippen MR) is 106 cm³/mol. The number of ether oxygens (including phenoxy) is 1. The van der Waals surface area contributed by atoms with E-state index in [1.807, 2.05) is 30.3 Å². The van der Waals surface area contributed by atoms with E-state index in [4.69, 9.17) is 21.6 Å². The van der Waals surface area contributed by atoms with Crippen LogP contribution in [-0.4, -0.2) is 17.3 Å². The molecule has 0 bridgehead atoms. The van der Waals surface area contributed by atoms with Gasteiger partial charge in [-0.3, -0.25) is 5.32 Å². The minimum Gasteiger partial charge on any atom is -0.489 e. The molecule has 0 spiro atoms. The first-order valence-corrected chi connectivity index (χ1v) is 9.41. The van der Waals surface area contributed by atoms with E-state index in [1.165, 1.54) is 0 Å². The third kappa shape index (κ3) is 3.55. The molecule has 2 aromatic carbocycles. The molecule has 5 heteroatoms. The lowest BCUT2D eigenvalue weighted by atomic mass is 9.49. The first-order valence-electron chi connectivity index (χ1n) is 9.03. The van der Waals surface area contributed by atoms with Gasteiger partial charge in [-0.2, -0.15) is 5.26 Å². The van der Waals surface area contributed by atoms with Crippen molar-refractivity contribution in [2.45, 2.75) is 46.1 Å². The summed E-state index contributed by atoms with van der Waals surface area (Å²) in [6, 6.07) is 16.8. The van der Waals surface area contributed by atoms with Crippen LogP contribution in [0.3, 0.4) is 0 Å². The molecule has 2 aromatic rings. The molecule has 0 heterocycles. The van der Waals surface area contributed by atoms with E-state index >= 15 is 0 Å². The van der Waals surface area contributed by atoms with Crippen molar-refractivity contribution in [3.05, 3.63) is 64.7 Å². The van der Waals surface area contributed by atoms with Crippen LogP contribution in [0.2, 0.25) is 5.02 Å². The van der Waals surface area contributed by atoms with E-state index in [2.05, 4.69) is 39.1 Å². The SMILES string of the molecule is CC1(C)[C@H](NC(O)c2ccccc2)C(C)(C)[C@H]1Oc1ccc(C#N)c(Cl)c1. The summed E-state index contributed by atoms with van der Waals surface area (Å²) in [5.74, 6) is 0.646. The van der Waals surface area contributed by atoms with Crippen molar-refractivity contribution in [1.29, 1.82) is 5.26 Å². The minimum absolute atomic E-state index is 0.0547. The van der Waals surface area contributed by atoms with Crippen molar-refractivity contribution in [2.24, 2.45) is 10.8 Å². The zero-order valence-electron chi connectivity index (χ0n) is 16.0. The number of nitrogens with zero attached hydrogens (tertiary/aromatic N) is 1. The van der Waals surface area contributed by atoms with Crippen molar-refractivity contribution in [2.75, 3.05) is 0 Å². The van der Waals surface area contributed by atoms with Gasteiger partial charge in [0.05, 0.1) is 10.6 Å². The lowest BCUT2D eigenvalue weighted by Crippen LogP contribution is -2.74. The van der Waals surface area contributed by atoms with Crippen molar-refractivity contribution in [3.63, 3.8) is 0 Å². The highest BCUT2D eigenvalue weighted by Crippen LogP contribution is 2.56. The average Bonchev–Trinajstić information content (AvgIpc) is 2.64. The number of aliphatic hydroxyl groups excluding tert-OH is 1. The number of rotatable bonds is 5. The van der Waals surface area contributed by atoms with Crippen LogP contribution in [0.4, 0.5) is 0 Å². The highest BCUT2D eigenvalue weighted by molar-refractivity contribution is 6.31. The average molecular weight is 385 g/mol. The highest BCUT2D eigenvalue weighted by atomic mass is 35.5. The van der Waals surface area contributed by atoms with Gasteiger partial charge in [0.1, 0.15) is 24.2 Å². The number of halogens is 1. The maximum Gasteiger partial charge on any atom is 0.131 e.